The van der Waals surface area contributed by atoms with E-state index in [2.05, 4.69) is 21.8 Å². The van der Waals surface area contributed by atoms with Crippen molar-refractivity contribution in [1.82, 2.24) is 14.9 Å². The number of aromatic nitrogens is 2. The summed E-state index contributed by atoms with van der Waals surface area (Å²) in [4.78, 5) is 33.7. The molecule has 1 aromatic heterocycles. The summed E-state index contributed by atoms with van der Waals surface area (Å²) in [6, 6.07) is 1.99. The molecule has 24 heavy (non-hydrogen) atoms. The Kier molecular flexibility index (Phi) is 5.98. The topological polar surface area (TPSA) is 66.1 Å². The van der Waals surface area contributed by atoms with Crippen molar-refractivity contribution >= 4 is 17.7 Å². The van der Waals surface area contributed by atoms with Crippen molar-refractivity contribution in [1.29, 1.82) is 0 Å². The fourth-order valence-electron chi connectivity index (χ4n) is 4.08. The minimum atomic E-state index is -0.131. The molecule has 2 heterocycles. The maximum atomic E-state index is 12.7. The quantitative estimate of drug-likeness (QED) is 0.655. The average molecular weight is 350 g/mol. The van der Waals surface area contributed by atoms with Crippen molar-refractivity contribution in [3.05, 3.63) is 22.1 Å². The van der Waals surface area contributed by atoms with Crippen LogP contribution in [0.1, 0.15) is 57.6 Å². The van der Waals surface area contributed by atoms with E-state index in [-0.39, 0.29) is 11.5 Å². The molecule has 132 valence electrons. The third-order valence-corrected chi connectivity index (χ3v) is 6.03. The Morgan fingerprint density at radius 3 is 2.96 bits per heavy atom. The van der Waals surface area contributed by atoms with Crippen molar-refractivity contribution < 1.29 is 4.79 Å². The number of thioether (sulfide) groups is 1. The molecule has 1 aliphatic heterocycles. The van der Waals surface area contributed by atoms with Gasteiger partial charge >= 0.3 is 0 Å². The highest BCUT2D eigenvalue weighted by atomic mass is 32.2. The van der Waals surface area contributed by atoms with E-state index >= 15 is 0 Å². The Labute approximate surface area is 147 Å². The van der Waals surface area contributed by atoms with Gasteiger partial charge in [0.15, 0.2) is 5.16 Å². The van der Waals surface area contributed by atoms with Crippen LogP contribution in [0.2, 0.25) is 0 Å². The smallest absolute Gasteiger partial charge is 0.251 e. The molecular weight excluding hydrogens is 322 g/mol. The molecule has 1 amide bonds. The van der Waals surface area contributed by atoms with Gasteiger partial charge in [0, 0.05) is 24.3 Å². The van der Waals surface area contributed by atoms with Crippen LogP contribution in [0.25, 0.3) is 0 Å². The van der Waals surface area contributed by atoms with Crippen LogP contribution in [0.5, 0.6) is 0 Å². The molecule has 0 aromatic carbocycles. The maximum Gasteiger partial charge on any atom is 0.251 e. The number of hydrogen-bond acceptors (Lipinski definition) is 4. The molecular formula is C18H27N3O2S. The molecule has 1 aliphatic carbocycles. The van der Waals surface area contributed by atoms with Gasteiger partial charge in [-0.25, -0.2) is 4.98 Å². The average Bonchev–Trinajstić information content (AvgIpc) is 2.59. The Bertz CT molecular complexity index is 629. The van der Waals surface area contributed by atoms with Crippen LogP contribution in [0.4, 0.5) is 0 Å². The van der Waals surface area contributed by atoms with E-state index in [1.165, 1.54) is 37.4 Å². The molecule has 2 aliphatic rings. The minimum Gasteiger partial charge on any atom is -0.339 e. The molecule has 2 unspecified atom stereocenters. The second-order valence-corrected chi connectivity index (χ2v) is 7.89. The third kappa shape index (κ3) is 4.21. The van der Waals surface area contributed by atoms with E-state index in [0.29, 0.717) is 22.9 Å². The lowest BCUT2D eigenvalue weighted by Gasteiger charge is -2.44. The molecule has 6 heteroatoms. The van der Waals surface area contributed by atoms with Crippen LogP contribution < -0.4 is 5.56 Å². The number of amides is 1. The summed E-state index contributed by atoms with van der Waals surface area (Å²) in [7, 11) is 0. The molecule has 0 radical (unpaired) electrons. The number of rotatable bonds is 5. The van der Waals surface area contributed by atoms with Gasteiger partial charge in [-0.05, 0) is 38.0 Å². The van der Waals surface area contributed by atoms with Gasteiger partial charge in [0.05, 0.1) is 5.75 Å². The first kappa shape index (κ1) is 17.5. The van der Waals surface area contributed by atoms with Crippen LogP contribution in [-0.2, 0) is 11.2 Å². The Balaban J connectivity index is 1.61. The molecule has 1 saturated heterocycles. The summed E-state index contributed by atoms with van der Waals surface area (Å²) in [5.74, 6) is 1.26. The predicted molar refractivity (Wildman–Crippen MR) is 96.3 cm³/mol. The number of piperidine rings is 1. The largest absolute Gasteiger partial charge is 0.339 e. The first-order valence-corrected chi connectivity index (χ1v) is 10.2. The van der Waals surface area contributed by atoms with E-state index in [4.69, 9.17) is 0 Å². The molecule has 1 N–H and O–H groups in total. The van der Waals surface area contributed by atoms with Crippen LogP contribution >= 0.6 is 11.8 Å². The van der Waals surface area contributed by atoms with Crippen molar-refractivity contribution in [2.75, 3.05) is 12.3 Å². The molecule has 2 fully saturated rings. The van der Waals surface area contributed by atoms with Gasteiger partial charge in [0.2, 0.25) is 5.91 Å². The van der Waals surface area contributed by atoms with Crippen molar-refractivity contribution in [2.24, 2.45) is 5.92 Å². The Morgan fingerprint density at radius 1 is 1.33 bits per heavy atom. The highest BCUT2D eigenvalue weighted by molar-refractivity contribution is 7.99. The van der Waals surface area contributed by atoms with Crippen molar-refractivity contribution in [2.45, 2.75) is 69.5 Å². The lowest BCUT2D eigenvalue weighted by molar-refractivity contribution is -0.134. The van der Waals surface area contributed by atoms with Crippen molar-refractivity contribution in [3.8, 4) is 0 Å². The van der Waals surface area contributed by atoms with Crippen LogP contribution in [-0.4, -0.2) is 39.1 Å². The maximum absolute atomic E-state index is 12.7. The Hall–Kier alpha value is -1.30. The molecule has 1 saturated carbocycles. The van der Waals surface area contributed by atoms with Gasteiger partial charge in [0.25, 0.3) is 5.56 Å². The summed E-state index contributed by atoms with van der Waals surface area (Å²) < 4.78 is 0. The highest BCUT2D eigenvalue weighted by Gasteiger charge is 2.35. The number of nitrogens with zero attached hydrogens (tertiary/aromatic N) is 2. The molecule has 0 spiro atoms. The lowest BCUT2D eigenvalue weighted by Crippen LogP contribution is -2.50. The van der Waals surface area contributed by atoms with E-state index < -0.39 is 0 Å². The fraction of sp³-hybridized carbons (Fsp3) is 0.722. The lowest BCUT2D eigenvalue weighted by atomic mass is 9.78. The van der Waals surface area contributed by atoms with Gasteiger partial charge in [0.1, 0.15) is 0 Å². The number of H-pyrrole nitrogens is 1. The molecule has 2 atom stereocenters. The number of likely N-dealkylation sites (tertiary alicyclic amines) is 1. The number of nitrogens with one attached hydrogen (secondary N) is 1. The third-order valence-electron chi connectivity index (χ3n) is 5.18. The normalized spacial score (nSPS) is 23.8. The number of hydrogen-bond donors (Lipinski definition) is 1. The van der Waals surface area contributed by atoms with E-state index in [0.717, 1.165) is 37.9 Å². The zero-order valence-electron chi connectivity index (χ0n) is 14.4. The summed E-state index contributed by atoms with van der Waals surface area (Å²) in [5, 5.41) is 0.566. The van der Waals surface area contributed by atoms with Crippen LogP contribution in [0.3, 0.4) is 0 Å². The summed E-state index contributed by atoms with van der Waals surface area (Å²) in [6.45, 7) is 2.95. The van der Waals surface area contributed by atoms with Gasteiger partial charge in [-0.3, -0.25) is 9.59 Å². The van der Waals surface area contributed by atoms with E-state index in [1.54, 1.807) is 6.07 Å². The zero-order chi connectivity index (χ0) is 16.9. The zero-order valence-corrected chi connectivity index (χ0v) is 15.2. The SMILES string of the molecule is CCCc1cc(=O)[nH]c(SCC(=O)N2CCCC3CCCCC32)n1. The standard InChI is InChI=1S/C18H27N3O2S/c1-2-6-14-11-16(22)20-18(19-14)24-12-17(23)21-10-5-8-13-7-3-4-9-15(13)21/h11,13,15H,2-10,12H2,1H3,(H,19,20,22). The monoisotopic (exact) mass is 349 g/mol. The first-order valence-electron chi connectivity index (χ1n) is 9.20. The van der Waals surface area contributed by atoms with Gasteiger partial charge in [-0.2, -0.15) is 0 Å². The second kappa shape index (κ2) is 8.19. The molecule has 3 rings (SSSR count). The number of aromatic amines is 1. The van der Waals surface area contributed by atoms with Crippen LogP contribution in [0.15, 0.2) is 16.0 Å². The predicted octanol–water partition coefficient (Wildman–Crippen LogP) is 3.00. The number of carbonyl (C=O) groups excluding carboxylic acids is 1. The molecule has 0 bridgehead atoms. The second-order valence-electron chi connectivity index (χ2n) is 6.92. The van der Waals surface area contributed by atoms with E-state index in [1.807, 2.05) is 0 Å². The first-order chi connectivity index (χ1) is 11.7. The minimum absolute atomic E-state index is 0.131. The van der Waals surface area contributed by atoms with Crippen LogP contribution in [0, 0.1) is 5.92 Å². The van der Waals surface area contributed by atoms with E-state index in [9.17, 15) is 9.59 Å². The van der Waals surface area contributed by atoms with Crippen molar-refractivity contribution in [3.63, 3.8) is 0 Å². The summed E-state index contributed by atoms with van der Waals surface area (Å²) in [5.41, 5.74) is 0.676. The molecule has 1 aromatic rings. The number of carbonyl (C=O) groups is 1. The highest BCUT2D eigenvalue weighted by Crippen LogP contribution is 2.35. The number of aryl methyl sites for hydroxylation is 1. The van der Waals surface area contributed by atoms with Gasteiger partial charge < -0.3 is 9.88 Å². The number of fused-ring (bicyclic) bond motifs is 1. The summed E-state index contributed by atoms with van der Waals surface area (Å²) in [6.07, 6.45) is 9.13. The summed E-state index contributed by atoms with van der Waals surface area (Å²) >= 11 is 1.36. The van der Waals surface area contributed by atoms with Gasteiger partial charge in [-0.1, -0.05) is 37.9 Å². The van der Waals surface area contributed by atoms with Gasteiger partial charge in [-0.15, -0.1) is 0 Å². The Morgan fingerprint density at radius 2 is 2.12 bits per heavy atom. The fourth-order valence-corrected chi connectivity index (χ4v) is 4.86. The molecule has 5 nitrogen and oxygen atoms in total.